The largest absolute Gasteiger partial charge is 0.354 e. The Morgan fingerprint density at radius 3 is 2.23 bits per heavy atom. The zero-order chi connectivity index (χ0) is 25.2. The van der Waals surface area contributed by atoms with E-state index in [-0.39, 0.29) is 18.2 Å². The highest BCUT2D eigenvalue weighted by atomic mass is 16.2. The quantitative estimate of drug-likeness (QED) is 0.365. The number of nitrogens with zero attached hydrogens (tertiary/aromatic N) is 1. The van der Waals surface area contributed by atoms with Gasteiger partial charge < -0.3 is 10.2 Å². The Morgan fingerprint density at radius 2 is 1.54 bits per heavy atom. The number of hydrogen-bond acceptors (Lipinski definition) is 2. The summed E-state index contributed by atoms with van der Waals surface area (Å²) in [5, 5.41) is 3.09. The molecular weight excluding hydrogens is 432 g/mol. The van der Waals surface area contributed by atoms with Crippen molar-refractivity contribution >= 4 is 11.8 Å². The third kappa shape index (κ3) is 7.81. The summed E-state index contributed by atoms with van der Waals surface area (Å²) in [6.45, 7) is 9.23. The van der Waals surface area contributed by atoms with Crippen LogP contribution < -0.4 is 5.32 Å². The Hall–Kier alpha value is -3.40. The third-order valence-corrected chi connectivity index (χ3v) is 6.42. The second-order valence-corrected chi connectivity index (χ2v) is 9.46. The van der Waals surface area contributed by atoms with Gasteiger partial charge in [-0.15, -0.1) is 0 Å². The number of amides is 2. The van der Waals surface area contributed by atoms with Crippen LogP contribution in [0, 0.1) is 20.8 Å². The Labute approximate surface area is 210 Å². The van der Waals surface area contributed by atoms with Crippen LogP contribution in [0.25, 0.3) is 0 Å². The van der Waals surface area contributed by atoms with Crippen LogP contribution in [0.1, 0.15) is 53.1 Å². The van der Waals surface area contributed by atoms with Gasteiger partial charge in [0.2, 0.25) is 11.8 Å². The minimum absolute atomic E-state index is 0.0363. The third-order valence-electron chi connectivity index (χ3n) is 6.42. The van der Waals surface area contributed by atoms with Crippen molar-refractivity contribution in [3.8, 4) is 0 Å². The van der Waals surface area contributed by atoms with E-state index in [2.05, 4.69) is 42.6 Å². The van der Waals surface area contributed by atoms with Crippen LogP contribution in [0.2, 0.25) is 0 Å². The Bertz CT molecular complexity index is 1110. The second-order valence-electron chi connectivity index (χ2n) is 9.46. The maximum absolute atomic E-state index is 13.9. The number of carbonyl (C=O) groups is 2. The summed E-state index contributed by atoms with van der Waals surface area (Å²) < 4.78 is 0. The van der Waals surface area contributed by atoms with Crippen LogP contribution in [-0.2, 0) is 29.0 Å². The van der Waals surface area contributed by atoms with Crippen LogP contribution >= 0.6 is 0 Å². The molecule has 1 N–H and O–H groups in total. The highest BCUT2D eigenvalue weighted by molar-refractivity contribution is 5.89. The maximum atomic E-state index is 13.9. The predicted octanol–water partition coefficient (Wildman–Crippen LogP) is 5.71. The average Bonchev–Trinajstić information content (AvgIpc) is 2.85. The van der Waals surface area contributed by atoms with E-state index in [0.29, 0.717) is 19.5 Å². The van der Waals surface area contributed by atoms with Gasteiger partial charge in [-0.1, -0.05) is 97.3 Å². The highest BCUT2D eigenvalue weighted by Gasteiger charge is 2.30. The van der Waals surface area contributed by atoms with Crippen molar-refractivity contribution in [3.63, 3.8) is 0 Å². The lowest BCUT2D eigenvalue weighted by Crippen LogP contribution is -2.51. The molecule has 0 saturated heterocycles. The molecular formula is C31H38N2O2. The van der Waals surface area contributed by atoms with E-state index in [4.69, 9.17) is 0 Å². The molecule has 0 spiro atoms. The van der Waals surface area contributed by atoms with Gasteiger partial charge in [0.05, 0.1) is 6.42 Å². The molecule has 3 aromatic carbocycles. The summed E-state index contributed by atoms with van der Waals surface area (Å²) in [5.74, 6) is -0.130. The molecule has 0 radical (unpaired) electrons. The van der Waals surface area contributed by atoms with Crippen molar-refractivity contribution in [3.05, 3.63) is 106 Å². The minimum Gasteiger partial charge on any atom is -0.354 e. The van der Waals surface area contributed by atoms with Crippen molar-refractivity contribution in [1.29, 1.82) is 0 Å². The van der Waals surface area contributed by atoms with Gasteiger partial charge in [0.25, 0.3) is 0 Å². The maximum Gasteiger partial charge on any atom is 0.243 e. The molecule has 4 heteroatoms. The molecule has 3 aromatic rings. The summed E-state index contributed by atoms with van der Waals surface area (Å²) >= 11 is 0. The first-order valence-corrected chi connectivity index (χ1v) is 12.6. The van der Waals surface area contributed by atoms with Gasteiger partial charge in [0.1, 0.15) is 6.04 Å². The van der Waals surface area contributed by atoms with E-state index in [1.807, 2.05) is 63.2 Å². The van der Waals surface area contributed by atoms with Gasteiger partial charge in [-0.05, 0) is 49.4 Å². The number of carbonyl (C=O) groups excluding carboxylic acids is 2. The van der Waals surface area contributed by atoms with E-state index >= 15 is 0 Å². The van der Waals surface area contributed by atoms with Crippen molar-refractivity contribution in [1.82, 2.24) is 10.2 Å². The van der Waals surface area contributed by atoms with Crippen molar-refractivity contribution < 1.29 is 9.59 Å². The van der Waals surface area contributed by atoms with Gasteiger partial charge in [-0.2, -0.15) is 0 Å². The lowest BCUT2D eigenvalue weighted by Gasteiger charge is -2.32. The van der Waals surface area contributed by atoms with Gasteiger partial charge in [0, 0.05) is 19.5 Å². The first-order chi connectivity index (χ1) is 16.9. The smallest absolute Gasteiger partial charge is 0.243 e. The van der Waals surface area contributed by atoms with Crippen LogP contribution in [0.5, 0.6) is 0 Å². The highest BCUT2D eigenvalue weighted by Crippen LogP contribution is 2.19. The number of hydrogen-bond donors (Lipinski definition) is 1. The van der Waals surface area contributed by atoms with Crippen LogP contribution in [0.15, 0.2) is 72.8 Å². The van der Waals surface area contributed by atoms with E-state index < -0.39 is 6.04 Å². The summed E-state index contributed by atoms with van der Waals surface area (Å²) in [6.07, 6.45) is 2.66. The van der Waals surface area contributed by atoms with E-state index in [1.54, 1.807) is 4.90 Å². The Balaban J connectivity index is 1.96. The molecule has 0 saturated carbocycles. The molecule has 2 amide bonds. The predicted molar refractivity (Wildman–Crippen MR) is 143 cm³/mol. The number of aryl methyl sites for hydroxylation is 3. The minimum atomic E-state index is -0.590. The first kappa shape index (κ1) is 26.2. The van der Waals surface area contributed by atoms with Gasteiger partial charge >= 0.3 is 0 Å². The normalized spacial score (nSPS) is 11.7. The SMILES string of the molecule is CCCCNC(=O)C(Cc1ccccc1)N(Cc1ccc(C)cc1)C(=O)Cc1cc(C)ccc1C. The van der Waals surface area contributed by atoms with Crippen LogP contribution in [0.4, 0.5) is 0 Å². The molecule has 0 aliphatic carbocycles. The lowest BCUT2D eigenvalue weighted by atomic mass is 9.99. The van der Waals surface area contributed by atoms with Crippen molar-refractivity contribution in [2.24, 2.45) is 0 Å². The molecule has 4 nitrogen and oxygen atoms in total. The Kier molecular flexibility index (Phi) is 9.66. The van der Waals surface area contributed by atoms with Crippen molar-refractivity contribution in [2.45, 2.75) is 66.0 Å². The van der Waals surface area contributed by atoms with E-state index in [9.17, 15) is 9.59 Å². The number of nitrogens with one attached hydrogen (secondary N) is 1. The van der Waals surface area contributed by atoms with Crippen LogP contribution in [-0.4, -0.2) is 29.3 Å². The topological polar surface area (TPSA) is 49.4 Å². The monoisotopic (exact) mass is 470 g/mol. The van der Waals surface area contributed by atoms with E-state index in [0.717, 1.165) is 40.7 Å². The van der Waals surface area contributed by atoms with Crippen LogP contribution in [0.3, 0.4) is 0 Å². The van der Waals surface area contributed by atoms with Crippen molar-refractivity contribution in [2.75, 3.05) is 6.54 Å². The molecule has 1 unspecified atom stereocenters. The molecule has 0 fully saturated rings. The fourth-order valence-electron chi connectivity index (χ4n) is 4.21. The molecule has 0 aliphatic rings. The standard InChI is InChI=1S/C31H38N2O2/c1-5-6-18-32-31(35)29(20-26-10-8-7-9-11-26)33(22-27-16-13-23(2)14-17-27)30(34)21-28-19-24(3)12-15-25(28)4/h7-17,19,29H,5-6,18,20-22H2,1-4H3,(H,32,35). The number of unbranched alkanes of at least 4 members (excludes halogenated alkanes) is 1. The average molecular weight is 471 g/mol. The first-order valence-electron chi connectivity index (χ1n) is 12.6. The summed E-state index contributed by atoms with van der Waals surface area (Å²) in [5.41, 5.74) is 6.45. The lowest BCUT2D eigenvalue weighted by molar-refractivity contribution is -0.140. The van der Waals surface area contributed by atoms with Gasteiger partial charge in [-0.3, -0.25) is 9.59 Å². The van der Waals surface area contributed by atoms with Gasteiger partial charge in [0.15, 0.2) is 0 Å². The molecule has 0 heterocycles. The fraction of sp³-hybridized carbons (Fsp3) is 0.355. The molecule has 35 heavy (non-hydrogen) atoms. The molecule has 3 rings (SSSR count). The molecule has 0 aromatic heterocycles. The summed E-state index contributed by atoms with van der Waals surface area (Å²) in [7, 11) is 0. The molecule has 0 bridgehead atoms. The molecule has 184 valence electrons. The number of rotatable bonds is 11. The fourth-order valence-corrected chi connectivity index (χ4v) is 4.21. The second kappa shape index (κ2) is 12.9. The Morgan fingerprint density at radius 1 is 0.857 bits per heavy atom. The summed E-state index contributed by atoms with van der Waals surface area (Å²) in [6, 6.07) is 23.8. The number of benzene rings is 3. The van der Waals surface area contributed by atoms with Gasteiger partial charge in [-0.25, -0.2) is 0 Å². The van der Waals surface area contributed by atoms with E-state index in [1.165, 1.54) is 5.56 Å². The zero-order valence-corrected chi connectivity index (χ0v) is 21.5. The summed E-state index contributed by atoms with van der Waals surface area (Å²) in [4.78, 5) is 29.1. The molecule has 0 aliphatic heterocycles. The zero-order valence-electron chi connectivity index (χ0n) is 21.5. The molecule has 1 atom stereocenters.